The number of hydrogen-bond donors (Lipinski definition) is 3. The molecular formula is C27H32N4O4S. The van der Waals surface area contributed by atoms with Gasteiger partial charge in [-0.25, -0.2) is 4.79 Å². The Kier molecular flexibility index (Phi) is 8.53. The summed E-state index contributed by atoms with van der Waals surface area (Å²) in [6.07, 6.45) is 5.59. The average molecular weight is 509 g/mol. The fourth-order valence-corrected chi connectivity index (χ4v) is 4.98. The van der Waals surface area contributed by atoms with Crippen LogP contribution in [-0.4, -0.2) is 59.8 Å². The van der Waals surface area contributed by atoms with E-state index in [2.05, 4.69) is 15.6 Å². The number of rotatable bonds is 8. The number of aromatic amines is 1. The topological polar surface area (TPSA) is 104 Å². The quantitative estimate of drug-likeness (QED) is 0.309. The molecule has 9 heteroatoms. The molecule has 190 valence electrons. The van der Waals surface area contributed by atoms with Crippen molar-refractivity contribution in [2.75, 3.05) is 31.3 Å². The first kappa shape index (κ1) is 25.6. The van der Waals surface area contributed by atoms with Gasteiger partial charge in [-0.15, -0.1) is 11.8 Å². The number of likely N-dealkylation sites (tertiary alicyclic amines) is 1. The SMILES string of the molecule is CCOC(=O)[C@@H]1CCCN(C(=O)[C@H](Cc2c[nH]c3ccccc23)NC(=O)Nc2ccc(SC)cc2)C1. The van der Waals surface area contributed by atoms with Gasteiger partial charge in [-0.1, -0.05) is 18.2 Å². The van der Waals surface area contributed by atoms with Crippen LogP contribution in [0, 0.1) is 5.92 Å². The molecule has 3 N–H and O–H groups in total. The van der Waals surface area contributed by atoms with Crippen molar-refractivity contribution in [3.63, 3.8) is 0 Å². The van der Waals surface area contributed by atoms with E-state index in [1.165, 1.54) is 0 Å². The molecule has 8 nitrogen and oxygen atoms in total. The second-order valence-corrected chi connectivity index (χ2v) is 9.70. The minimum atomic E-state index is -0.796. The smallest absolute Gasteiger partial charge is 0.319 e. The lowest BCUT2D eigenvalue weighted by Crippen LogP contribution is -2.53. The number of piperidine rings is 1. The van der Waals surface area contributed by atoms with Crippen molar-refractivity contribution in [2.45, 2.75) is 37.1 Å². The molecule has 0 radical (unpaired) electrons. The average Bonchev–Trinajstić information content (AvgIpc) is 3.31. The van der Waals surface area contributed by atoms with Gasteiger partial charge in [0.05, 0.1) is 12.5 Å². The number of anilines is 1. The summed E-state index contributed by atoms with van der Waals surface area (Å²) in [4.78, 5) is 44.9. The molecule has 1 aliphatic rings. The summed E-state index contributed by atoms with van der Waals surface area (Å²) < 4.78 is 5.19. The summed E-state index contributed by atoms with van der Waals surface area (Å²) in [5, 5.41) is 6.72. The van der Waals surface area contributed by atoms with Gasteiger partial charge in [0.15, 0.2) is 0 Å². The third-order valence-corrected chi connectivity index (χ3v) is 7.15. The number of aromatic nitrogens is 1. The van der Waals surface area contributed by atoms with E-state index in [1.54, 1.807) is 23.6 Å². The number of hydrogen-bond acceptors (Lipinski definition) is 5. The predicted octanol–water partition coefficient (Wildman–Crippen LogP) is 4.42. The Hall–Kier alpha value is -3.46. The van der Waals surface area contributed by atoms with Crippen molar-refractivity contribution in [1.29, 1.82) is 0 Å². The van der Waals surface area contributed by atoms with Crippen LogP contribution in [-0.2, 0) is 20.7 Å². The van der Waals surface area contributed by atoms with Crippen molar-refractivity contribution < 1.29 is 19.1 Å². The van der Waals surface area contributed by atoms with Crippen molar-refractivity contribution in [2.24, 2.45) is 5.92 Å². The van der Waals surface area contributed by atoms with Crippen LogP contribution >= 0.6 is 11.8 Å². The molecule has 0 aliphatic carbocycles. The molecule has 3 amide bonds. The molecule has 36 heavy (non-hydrogen) atoms. The monoisotopic (exact) mass is 508 g/mol. The fourth-order valence-electron chi connectivity index (χ4n) is 4.57. The standard InChI is InChI=1S/C27H32N4O4S/c1-3-35-26(33)18-7-6-14-31(17-18)25(32)24(15-19-16-28-23-9-5-4-8-22(19)23)30-27(34)29-20-10-12-21(36-2)13-11-20/h4-5,8-13,16,18,24,28H,3,6-7,14-15,17H2,1-2H3,(H2,29,30,34)/t18-,24+/m1/s1. The summed E-state index contributed by atoms with van der Waals surface area (Å²) in [5.74, 6) is -0.829. The second kappa shape index (κ2) is 12.0. The number of ether oxygens (including phenoxy) is 1. The Morgan fingerprint density at radius 1 is 1.17 bits per heavy atom. The van der Waals surface area contributed by atoms with Gasteiger partial charge in [0.1, 0.15) is 6.04 Å². The normalized spacial score (nSPS) is 16.4. The van der Waals surface area contributed by atoms with Crippen LogP contribution in [0.25, 0.3) is 10.9 Å². The van der Waals surface area contributed by atoms with Crippen molar-refractivity contribution in [3.05, 3.63) is 60.3 Å². The zero-order valence-corrected chi connectivity index (χ0v) is 21.4. The predicted molar refractivity (Wildman–Crippen MR) is 142 cm³/mol. The molecule has 0 bridgehead atoms. The molecule has 3 aromatic rings. The molecule has 4 rings (SSSR count). The first-order valence-electron chi connectivity index (χ1n) is 12.2. The molecule has 2 atom stereocenters. The van der Waals surface area contributed by atoms with E-state index in [0.29, 0.717) is 44.6 Å². The van der Waals surface area contributed by atoms with Crippen LogP contribution in [0.3, 0.4) is 0 Å². The Bertz CT molecular complexity index is 1210. The Labute approximate surface area is 215 Å². The number of urea groups is 1. The maximum Gasteiger partial charge on any atom is 0.319 e. The molecule has 0 spiro atoms. The number of esters is 1. The lowest BCUT2D eigenvalue weighted by Gasteiger charge is -2.34. The van der Waals surface area contributed by atoms with Gasteiger partial charge in [0.2, 0.25) is 5.91 Å². The van der Waals surface area contributed by atoms with Gasteiger partial charge in [-0.3, -0.25) is 9.59 Å². The summed E-state index contributed by atoms with van der Waals surface area (Å²) in [6, 6.07) is 14.1. The molecule has 0 unspecified atom stereocenters. The number of nitrogens with one attached hydrogen (secondary N) is 3. The molecule has 2 heterocycles. The molecule has 1 aliphatic heterocycles. The number of fused-ring (bicyclic) bond motifs is 1. The lowest BCUT2D eigenvalue weighted by molar-refractivity contribution is -0.151. The number of nitrogens with zero attached hydrogens (tertiary/aromatic N) is 1. The van der Waals surface area contributed by atoms with Crippen LogP contribution in [0.4, 0.5) is 10.5 Å². The number of H-pyrrole nitrogens is 1. The second-order valence-electron chi connectivity index (χ2n) is 8.82. The number of carbonyl (C=O) groups is 3. The van der Waals surface area contributed by atoms with Crippen molar-refractivity contribution >= 4 is 46.3 Å². The number of benzene rings is 2. The van der Waals surface area contributed by atoms with Gasteiger partial charge >= 0.3 is 12.0 Å². The van der Waals surface area contributed by atoms with Gasteiger partial charge in [-0.05, 0) is 61.9 Å². The highest BCUT2D eigenvalue weighted by atomic mass is 32.2. The highest BCUT2D eigenvalue weighted by molar-refractivity contribution is 7.98. The van der Waals surface area contributed by atoms with Crippen LogP contribution < -0.4 is 10.6 Å². The van der Waals surface area contributed by atoms with Crippen molar-refractivity contribution in [1.82, 2.24) is 15.2 Å². The number of para-hydroxylation sites is 1. The molecule has 1 aromatic heterocycles. The molecule has 2 aromatic carbocycles. The van der Waals surface area contributed by atoms with E-state index in [-0.39, 0.29) is 17.8 Å². The van der Waals surface area contributed by atoms with E-state index >= 15 is 0 Å². The third-order valence-electron chi connectivity index (χ3n) is 6.40. The third kappa shape index (κ3) is 6.20. The largest absolute Gasteiger partial charge is 0.466 e. The lowest BCUT2D eigenvalue weighted by atomic mass is 9.96. The highest BCUT2D eigenvalue weighted by Gasteiger charge is 2.33. The Morgan fingerprint density at radius 2 is 1.94 bits per heavy atom. The number of thioether (sulfide) groups is 1. The first-order chi connectivity index (χ1) is 17.5. The van der Waals surface area contributed by atoms with Crippen LogP contribution in [0.1, 0.15) is 25.3 Å². The van der Waals surface area contributed by atoms with Gasteiger partial charge in [0, 0.05) is 47.2 Å². The summed E-state index contributed by atoms with van der Waals surface area (Å²) >= 11 is 1.62. The van der Waals surface area contributed by atoms with E-state index in [9.17, 15) is 14.4 Å². The maximum absolute atomic E-state index is 13.7. The van der Waals surface area contributed by atoms with Gasteiger partial charge in [0.25, 0.3) is 0 Å². The number of carbonyl (C=O) groups excluding carboxylic acids is 3. The van der Waals surface area contributed by atoms with Crippen LogP contribution in [0.15, 0.2) is 59.6 Å². The van der Waals surface area contributed by atoms with Crippen molar-refractivity contribution in [3.8, 4) is 0 Å². The highest BCUT2D eigenvalue weighted by Crippen LogP contribution is 2.23. The van der Waals surface area contributed by atoms with Gasteiger partial charge in [-0.2, -0.15) is 0 Å². The molecule has 0 saturated carbocycles. The number of amides is 3. The Balaban J connectivity index is 1.52. The van der Waals surface area contributed by atoms with E-state index in [0.717, 1.165) is 21.4 Å². The molecule has 1 fully saturated rings. The zero-order valence-electron chi connectivity index (χ0n) is 20.6. The van der Waals surface area contributed by atoms with Crippen LogP contribution in [0.2, 0.25) is 0 Å². The van der Waals surface area contributed by atoms with E-state index in [4.69, 9.17) is 4.74 Å². The minimum absolute atomic E-state index is 0.206. The summed E-state index contributed by atoms with van der Waals surface area (Å²) in [6.45, 7) is 2.92. The molecule has 1 saturated heterocycles. The summed E-state index contributed by atoms with van der Waals surface area (Å²) in [5.41, 5.74) is 2.55. The fraction of sp³-hybridized carbons (Fsp3) is 0.370. The van der Waals surface area contributed by atoms with Crippen LogP contribution in [0.5, 0.6) is 0 Å². The maximum atomic E-state index is 13.7. The van der Waals surface area contributed by atoms with E-state index < -0.39 is 12.1 Å². The van der Waals surface area contributed by atoms with Gasteiger partial charge < -0.3 is 25.3 Å². The zero-order chi connectivity index (χ0) is 25.5. The Morgan fingerprint density at radius 3 is 2.69 bits per heavy atom. The first-order valence-corrected chi connectivity index (χ1v) is 13.4. The van der Waals surface area contributed by atoms with E-state index in [1.807, 2.05) is 61.0 Å². The molecular weight excluding hydrogens is 476 g/mol. The minimum Gasteiger partial charge on any atom is -0.466 e. The summed E-state index contributed by atoms with van der Waals surface area (Å²) in [7, 11) is 0.